The first-order chi connectivity index (χ1) is 12.2. The van der Waals surface area contributed by atoms with Crippen LogP contribution in [0.4, 0.5) is 5.69 Å². The maximum Gasteiger partial charge on any atom is 0.308 e. The van der Waals surface area contributed by atoms with Crippen molar-refractivity contribution < 1.29 is 19.5 Å². The molecule has 2 rings (SSSR count). The van der Waals surface area contributed by atoms with Gasteiger partial charge in [0.15, 0.2) is 0 Å². The van der Waals surface area contributed by atoms with Gasteiger partial charge in [-0.25, -0.2) is 0 Å². The van der Waals surface area contributed by atoms with Crippen molar-refractivity contribution in [3.05, 3.63) is 29.3 Å². The maximum atomic E-state index is 12.8. The summed E-state index contributed by atoms with van der Waals surface area (Å²) in [4.78, 5) is 37.7. The van der Waals surface area contributed by atoms with Crippen molar-refractivity contribution in [3.63, 3.8) is 0 Å². The summed E-state index contributed by atoms with van der Waals surface area (Å²) in [5, 5.41) is 12.1. The van der Waals surface area contributed by atoms with Crippen LogP contribution in [0.3, 0.4) is 0 Å². The van der Waals surface area contributed by atoms with Crippen LogP contribution < -0.4 is 5.32 Å². The average Bonchev–Trinajstić information content (AvgIpc) is 2.54. The third kappa shape index (κ3) is 5.07. The molecule has 0 bridgehead atoms. The Labute approximate surface area is 154 Å². The van der Waals surface area contributed by atoms with Gasteiger partial charge in [-0.1, -0.05) is 20.8 Å². The topological polar surface area (TPSA) is 86.7 Å². The van der Waals surface area contributed by atoms with Gasteiger partial charge in [0.1, 0.15) is 0 Å². The first-order valence-corrected chi connectivity index (χ1v) is 9.10. The number of hydrogen-bond donors (Lipinski definition) is 2. The van der Waals surface area contributed by atoms with E-state index in [0.29, 0.717) is 30.6 Å². The molecule has 2 amide bonds. The Balaban J connectivity index is 2.11. The minimum atomic E-state index is -0.853. The van der Waals surface area contributed by atoms with Crippen molar-refractivity contribution in [2.45, 2.75) is 40.5 Å². The molecule has 6 heteroatoms. The Morgan fingerprint density at radius 1 is 1.27 bits per heavy atom. The van der Waals surface area contributed by atoms with Gasteiger partial charge >= 0.3 is 5.97 Å². The van der Waals surface area contributed by atoms with Crippen LogP contribution >= 0.6 is 0 Å². The van der Waals surface area contributed by atoms with Gasteiger partial charge in [0.05, 0.1) is 5.92 Å². The number of rotatable bonds is 5. The molecule has 0 radical (unpaired) electrons. The molecule has 6 nitrogen and oxygen atoms in total. The third-order valence-corrected chi connectivity index (χ3v) is 4.64. The van der Waals surface area contributed by atoms with Gasteiger partial charge in [-0.3, -0.25) is 14.4 Å². The van der Waals surface area contributed by atoms with Gasteiger partial charge in [0.25, 0.3) is 5.91 Å². The fraction of sp³-hybridized carbons (Fsp3) is 0.550. The Hall–Kier alpha value is -2.37. The zero-order valence-electron chi connectivity index (χ0n) is 15.9. The van der Waals surface area contributed by atoms with Gasteiger partial charge in [-0.2, -0.15) is 0 Å². The highest BCUT2D eigenvalue weighted by atomic mass is 16.4. The smallest absolute Gasteiger partial charge is 0.308 e. The van der Waals surface area contributed by atoms with E-state index in [1.54, 1.807) is 23.1 Å². The molecule has 0 aliphatic carbocycles. The maximum absolute atomic E-state index is 12.8. The Morgan fingerprint density at radius 2 is 1.96 bits per heavy atom. The van der Waals surface area contributed by atoms with Crippen molar-refractivity contribution in [2.75, 3.05) is 18.4 Å². The number of carboxylic acid groups (broad SMARTS) is 1. The highest BCUT2D eigenvalue weighted by Crippen LogP contribution is 2.25. The molecule has 1 heterocycles. The van der Waals surface area contributed by atoms with Crippen LogP contribution in [0.25, 0.3) is 0 Å². The molecule has 1 saturated heterocycles. The lowest BCUT2D eigenvalue weighted by Crippen LogP contribution is -2.45. The lowest BCUT2D eigenvalue weighted by Gasteiger charge is -2.34. The average molecular weight is 360 g/mol. The number of carbonyl (C=O) groups excluding carboxylic acids is 2. The van der Waals surface area contributed by atoms with Crippen molar-refractivity contribution in [2.24, 2.45) is 17.8 Å². The number of hydrogen-bond acceptors (Lipinski definition) is 3. The summed E-state index contributed by atoms with van der Waals surface area (Å²) in [6.45, 7) is 8.59. The molecule has 26 heavy (non-hydrogen) atoms. The first kappa shape index (κ1) is 19.9. The monoisotopic (exact) mass is 360 g/mol. The molecule has 0 aromatic heterocycles. The number of anilines is 1. The molecule has 0 saturated carbocycles. The molecule has 2 unspecified atom stereocenters. The van der Waals surface area contributed by atoms with E-state index in [9.17, 15) is 19.5 Å². The van der Waals surface area contributed by atoms with Crippen LogP contribution in [-0.4, -0.2) is 40.9 Å². The second kappa shape index (κ2) is 8.34. The van der Waals surface area contributed by atoms with Crippen molar-refractivity contribution >= 4 is 23.5 Å². The SMILES string of the molecule is Cc1cc(C(=O)N2CC(C)CC(C(=O)O)C2)ccc1NC(=O)CC(C)C. The summed E-state index contributed by atoms with van der Waals surface area (Å²) in [5.74, 6) is -1.14. The standard InChI is InChI=1S/C20H28N2O4/c1-12(2)7-18(23)21-17-6-5-15(9-14(17)4)19(24)22-10-13(3)8-16(11-22)20(25)26/h5-6,9,12-13,16H,7-8,10-11H2,1-4H3,(H,21,23)(H,25,26). The highest BCUT2D eigenvalue weighted by molar-refractivity contribution is 5.97. The number of nitrogens with zero attached hydrogens (tertiary/aromatic N) is 1. The van der Waals surface area contributed by atoms with Crippen molar-refractivity contribution in [1.29, 1.82) is 0 Å². The number of carbonyl (C=O) groups is 3. The van der Waals surface area contributed by atoms with Crippen LogP contribution in [0, 0.1) is 24.7 Å². The van der Waals surface area contributed by atoms with E-state index in [4.69, 9.17) is 0 Å². The predicted octanol–water partition coefficient (Wildman–Crippen LogP) is 3.16. The predicted molar refractivity (Wildman–Crippen MR) is 100 cm³/mol. The summed E-state index contributed by atoms with van der Waals surface area (Å²) < 4.78 is 0. The molecule has 0 spiro atoms. The van der Waals surface area contributed by atoms with E-state index in [1.807, 2.05) is 27.7 Å². The number of amides is 2. The Kier molecular flexibility index (Phi) is 6.40. The van der Waals surface area contributed by atoms with Crippen LogP contribution in [0.2, 0.25) is 0 Å². The molecule has 1 aromatic rings. The van der Waals surface area contributed by atoms with Gasteiger partial charge in [-0.05, 0) is 48.9 Å². The summed E-state index contributed by atoms with van der Waals surface area (Å²) in [6.07, 6.45) is 1.04. The summed E-state index contributed by atoms with van der Waals surface area (Å²) in [5.41, 5.74) is 2.03. The number of piperidine rings is 1. The molecule has 1 aliphatic rings. The highest BCUT2D eigenvalue weighted by Gasteiger charge is 2.32. The molecule has 1 fully saturated rings. The van der Waals surface area contributed by atoms with Gasteiger partial charge < -0.3 is 15.3 Å². The zero-order chi connectivity index (χ0) is 19.4. The number of carboxylic acids is 1. The van der Waals surface area contributed by atoms with E-state index in [2.05, 4.69) is 5.32 Å². The first-order valence-electron chi connectivity index (χ1n) is 9.10. The number of aryl methyl sites for hydroxylation is 1. The number of aliphatic carboxylic acids is 1. The summed E-state index contributed by atoms with van der Waals surface area (Å²) >= 11 is 0. The second-order valence-electron chi connectivity index (χ2n) is 7.76. The molecule has 1 aliphatic heterocycles. The largest absolute Gasteiger partial charge is 0.481 e. The third-order valence-electron chi connectivity index (χ3n) is 4.64. The molecule has 1 aromatic carbocycles. The van der Waals surface area contributed by atoms with Gasteiger partial charge in [0.2, 0.25) is 5.91 Å². The number of benzene rings is 1. The lowest BCUT2D eigenvalue weighted by molar-refractivity contribution is -0.143. The minimum absolute atomic E-state index is 0.0451. The van der Waals surface area contributed by atoms with Gasteiger partial charge in [0, 0.05) is 30.8 Å². The van der Waals surface area contributed by atoms with Crippen molar-refractivity contribution in [3.8, 4) is 0 Å². The van der Waals surface area contributed by atoms with E-state index in [0.717, 1.165) is 5.56 Å². The Morgan fingerprint density at radius 3 is 2.54 bits per heavy atom. The fourth-order valence-electron chi connectivity index (χ4n) is 3.39. The van der Waals surface area contributed by atoms with Crippen LogP contribution in [0.5, 0.6) is 0 Å². The zero-order valence-corrected chi connectivity index (χ0v) is 15.9. The van der Waals surface area contributed by atoms with Crippen LogP contribution in [-0.2, 0) is 9.59 Å². The Bertz CT molecular complexity index is 699. The van der Waals surface area contributed by atoms with Crippen LogP contribution in [0.15, 0.2) is 18.2 Å². The molecular formula is C20H28N2O4. The van der Waals surface area contributed by atoms with Crippen molar-refractivity contribution in [1.82, 2.24) is 4.90 Å². The molecule has 2 atom stereocenters. The lowest BCUT2D eigenvalue weighted by atomic mass is 9.90. The quantitative estimate of drug-likeness (QED) is 0.844. The van der Waals surface area contributed by atoms with E-state index in [-0.39, 0.29) is 30.2 Å². The normalized spacial score (nSPS) is 20.1. The minimum Gasteiger partial charge on any atom is -0.481 e. The van der Waals surface area contributed by atoms with Crippen LogP contribution in [0.1, 0.15) is 49.5 Å². The second-order valence-corrected chi connectivity index (χ2v) is 7.76. The van der Waals surface area contributed by atoms with E-state index >= 15 is 0 Å². The molecule has 2 N–H and O–H groups in total. The molecular weight excluding hydrogens is 332 g/mol. The number of nitrogens with one attached hydrogen (secondary N) is 1. The fourth-order valence-corrected chi connectivity index (χ4v) is 3.39. The summed E-state index contributed by atoms with van der Waals surface area (Å²) in [6, 6.07) is 5.18. The summed E-state index contributed by atoms with van der Waals surface area (Å²) in [7, 11) is 0. The molecule has 142 valence electrons. The van der Waals surface area contributed by atoms with Gasteiger partial charge in [-0.15, -0.1) is 0 Å². The van der Waals surface area contributed by atoms with E-state index < -0.39 is 11.9 Å². The van der Waals surface area contributed by atoms with E-state index in [1.165, 1.54) is 0 Å². The number of likely N-dealkylation sites (tertiary alicyclic amines) is 1.